The van der Waals surface area contributed by atoms with E-state index in [0.29, 0.717) is 12.8 Å². The maximum atomic E-state index is 12.2. The van der Waals surface area contributed by atoms with Gasteiger partial charge in [0, 0.05) is 11.3 Å². The molecule has 4 rings (SSSR count). The van der Waals surface area contributed by atoms with Gasteiger partial charge in [0.05, 0.1) is 18.3 Å². The van der Waals surface area contributed by atoms with Gasteiger partial charge in [-0.15, -0.1) is 0 Å². The minimum Gasteiger partial charge on any atom is -0.392 e. The molecular formula is C21H30O4. The Morgan fingerprint density at radius 2 is 1.88 bits per heavy atom. The van der Waals surface area contributed by atoms with Crippen LogP contribution in [0.2, 0.25) is 0 Å². The zero-order valence-corrected chi connectivity index (χ0v) is 15.4. The minimum absolute atomic E-state index is 0.0575. The first kappa shape index (κ1) is 17.4. The van der Waals surface area contributed by atoms with Crippen LogP contribution in [0.15, 0.2) is 23.3 Å². The molecule has 3 N–H and O–H groups in total. The van der Waals surface area contributed by atoms with Gasteiger partial charge in [0.15, 0.2) is 0 Å². The van der Waals surface area contributed by atoms with Gasteiger partial charge in [-0.2, -0.15) is 0 Å². The maximum Gasteiger partial charge on any atom is 0.133 e. The molecule has 2 saturated carbocycles. The fourth-order valence-corrected chi connectivity index (χ4v) is 6.69. The van der Waals surface area contributed by atoms with E-state index in [2.05, 4.69) is 19.9 Å². The van der Waals surface area contributed by atoms with Crippen molar-refractivity contribution in [1.82, 2.24) is 0 Å². The van der Waals surface area contributed by atoms with Crippen LogP contribution in [0.1, 0.15) is 52.9 Å². The number of Topliss-reactive ketones (excluding diaryl/α,β-unsaturated/α-hetero) is 1. The fourth-order valence-electron chi connectivity index (χ4n) is 6.69. The second-order valence-electron chi connectivity index (χ2n) is 9.24. The lowest BCUT2D eigenvalue weighted by Crippen LogP contribution is -2.54. The van der Waals surface area contributed by atoms with Gasteiger partial charge >= 0.3 is 0 Å². The highest BCUT2D eigenvalue weighted by atomic mass is 16.3. The molecule has 0 aromatic heterocycles. The van der Waals surface area contributed by atoms with Crippen LogP contribution in [0.25, 0.3) is 0 Å². The molecule has 0 heterocycles. The summed E-state index contributed by atoms with van der Waals surface area (Å²) in [4.78, 5) is 12.2. The zero-order valence-electron chi connectivity index (χ0n) is 15.4. The van der Waals surface area contributed by atoms with Gasteiger partial charge in [-0.3, -0.25) is 4.79 Å². The van der Waals surface area contributed by atoms with E-state index in [-0.39, 0.29) is 34.4 Å². The highest BCUT2D eigenvalue weighted by Gasteiger charge is 2.61. The maximum absolute atomic E-state index is 12.2. The largest absolute Gasteiger partial charge is 0.392 e. The van der Waals surface area contributed by atoms with Crippen molar-refractivity contribution in [3.63, 3.8) is 0 Å². The monoisotopic (exact) mass is 346 g/mol. The van der Waals surface area contributed by atoms with Crippen molar-refractivity contribution in [2.45, 2.75) is 71.2 Å². The Labute approximate surface area is 149 Å². The summed E-state index contributed by atoms with van der Waals surface area (Å²) in [6.45, 7) is 5.94. The van der Waals surface area contributed by atoms with Gasteiger partial charge in [-0.25, -0.2) is 0 Å². The average molecular weight is 346 g/mol. The number of hydrogen-bond acceptors (Lipinski definition) is 4. The van der Waals surface area contributed by atoms with E-state index in [4.69, 9.17) is 0 Å². The van der Waals surface area contributed by atoms with E-state index >= 15 is 0 Å². The number of fused-ring (bicyclic) bond motifs is 5. The first-order chi connectivity index (χ1) is 11.7. The van der Waals surface area contributed by atoms with Crippen molar-refractivity contribution in [1.29, 1.82) is 0 Å². The Morgan fingerprint density at radius 3 is 2.56 bits per heavy atom. The van der Waals surface area contributed by atoms with Crippen LogP contribution < -0.4 is 0 Å². The summed E-state index contributed by atoms with van der Waals surface area (Å²) in [7, 11) is 0. The number of carbonyl (C=O) groups excluding carboxylic acids is 1. The van der Waals surface area contributed by atoms with E-state index in [9.17, 15) is 20.1 Å². The number of aliphatic hydroxyl groups is 3. The second-order valence-corrected chi connectivity index (χ2v) is 9.24. The van der Waals surface area contributed by atoms with Crippen molar-refractivity contribution in [3.8, 4) is 0 Å². The summed E-state index contributed by atoms with van der Waals surface area (Å²) in [5.74, 6) is 0.575. The van der Waals surface area contributed by atoms with Crippen molar-refractivity contribution < 1.29 is 20.1 Å². The lowest BCUT2D eigenvalue weighted by atomic mass is 9.49. The number of aliphatic hydroxyl groups excluding tert-OH is 3. The van der Waals surface area contributed by atoms with Gasteiger partial charge in [-0.1, -0.05) is 37.1 Å². The third-order valence-electron chi connectivity index (χ3n) is 8.18. The van der Waals surface area contributed by atoms with Gasteiger partial charge < -0.3 is 15.3 Å². The molecule has 0 aromatic carbocycles. The van der Waals surface area contributed by atoms with Crippen LogP contribution in [0.4, 0.5) is 0 Å². The second kappa shape index (κ2) is 5.51. The fraction of sp³-hybridized carbons (Fsp3) is 0.762. The Morgan fingerprint density at radius 1 is 1.16 bits per heavy atom. The molecule has 0 radical (unpaired) electrons. The first-order valence-electron chi connectivity index (χ1n) is 9.65. The molecule has 25 heavy (non-hydrogen) atoms. The van der Waals surface area contributed by atoms with Crippen molar-refractivity contribution >= 4 is 5.78 Å². The first-order valence-corrected chi connectivity index (χ1v) is 9.65. The highest BCUT2D eigenvalue weighted by Crippen LogP contribution is 2.65. The predicted octanol–water partition coefficient (Wildman–Crippen LogP) is 2.38. The Kier molecular flexibility index (Phi) is 3.85. The van der Waals surface area contributed by atoms with Gasteiger partial charge in [0.1, 0.15) is 5.78 Å². The molecule has 0 spiro atoms. The minimum atomic E-state index is -0.787. The van der Waals surface area contributed by atoms with Crippen molar-refractivity contribution in [2.75, 3.05) is 0 Å². The van der Waals surface area contributed by atoms with Gasteiger partial charge in [0.2, 0.25) is 0 Å². The van der Waals surface area contributed by atoms with Gasteiger partial charge in [-0.05, 0) is 56.3 Å². The summed E-state index contributed by atoms with van der Waals surface area (Å²) in [6.07, 6.45) is 5.88. The van der Waals surface area contributed by atoms with E-state index in [1.54, 1.807) is 6.92 Å². The number of allylic oxidation sites excluding steroid dienone is 3. The van der Waals surface area contributed by atoms with Crippen molar-refractivity contribution in [3.05, 3.63) is 23.3 Å². The van der Waals surface area contributed by atoms with Crippen LogP contribution in [-0.4, -0.2) is 39.4 Å². The molecule has 0 aliphatic heterocycles. The molecule has 138 valence electrons. The molecule has 0 aromatic rings. The summed E-state index contributed by atoms with van der Waals surface area (Å²) in [6, 6.07) is 0. The zero-order chi connectivity index (χ0) is 18.1. The molecule has 4 aliphatic rings. The van der Waals surface area contributed by atoms with Crippen LogP contribution in [0.5, 0.6) is 0 Å². The van der Waals surface area contributed by atoms with Crippen molar-refractivity contribution in [2.24, 2.45) is 28.6 Å². The van der Waals surface area contributed by atoms with Crippen LogP contribution in [0.3, 0.4) is 0 Å². The van der Waals surface area contributed by atoms with Gasteiger partial charge in [0.25, 0.3) is 0 Å². The summed E-state index contributed by atoms with van der Waals surface area (Å²) >= 11 is 0. The van der Waals surface area contributed by atoms with Crippen LogP contribution >= 0.6 is 0 Å². The van der Waals surface area contributed by atoms with E-state index in [1.807, 2.05) is 6.08 Å². The third kappa shape index (κ3) is 2.20. The lowest BCUT2D eigenvalue weighted by Gasteiger charge is -2.56. The number of rotatable bonds is 1. The Hall–Kier alpha value is -0.970. The Bertz CT molecular complexity index is 665. The topological polar surface area (TPSA) is 77.8 Å². The smallest absolute Gasteiger partial charge is 0.133 e. The molecule has 2 fully saturated rings. The van der Waals surface area contributed by atoms with Crippen LogP contribution in [-0.2, 0) is 4.79 Å². The molecular weight excluding hydrogens is 316 g/mol. The van der Waals surface area contributed by atoms with E-state index < -0.39 is 18.3 Å². The average Bonchev–Trinajstić information content (AvgIpc) is 2.89. The molecule has 0 saturated heterocycles. The molecule has 4 aliphatic carbocycles. The standard InChI is InChI=1S/C21H30O4/c1-11(22)14-6-7-15-13-5-4-12-8-17(23)18(24)10-20(12,2)16(13)9-19(25)21(14,15)3/h5,8,14-19,23-25H,4,6-7,9-10H2,1-3H3. The van der Waals surface area contributed by atoms with E-state index in [1.165, 1.54) is 11.1 Å². The quantitative estimate of drug-likeness (QED) is 0.637. The highest BCUT2D eigenvalue weighted by molar-refractivity contribution is 5.80. The summed E-state index contributed by atoms with van der Waals surface area (Å²) < 4.78 is 0. The number of carbonyl (C=O) groups is 1. The summed E-state index contributed by atoms with van der Waals surface area (Å²) in [5.41, 5.74) is 2.01. The van der Waals surface area contributed by atoms with E-state index in [0.717, 1.165) is 19.3 Å². The molecule has 8 unspecified atom stereocenters. The SMILES string of the molecule is CC(=O)C1CCC2C3=CCC4=CC(O)C(O)CC4(C)C3CC(O)C12C. The Balaban J connectivity index is 1.77. The molecule has 4 nitrogen and oxygen atoms in total. The molecule has 0 amide bonds. The predicted molar refractivity (Wildman–Crippen MR) is 94.6 cm³/mol. The third-order valence-corrected chi connectivity index (χ3v) is 8.18. The van der Waals surface area contributed by atoms with Crippen LogP contribution in [0, 0.1) is 28.6 Å². The normalized spacial score (nSPS) is 51.8. The molecule has 4 heteroatoms. The number of ketones is 1. The lowest BCUT2D eigenvalue weighted by molar-refractivity contribution is -0.131. The summed E-state index contributed by atoms with van der Waals surface area (Å²) in [5, 5.41) is 31.4. The molecule has 0 bridgehead atoms. The molecule has 8 atom stereocenters. The number of hydrogen-bond donors (Lipinski definition) is 3.